The van der Waals surface area contributed by atoms with E-state index < -0.39 is 0 Å². The van der Waals surface area contributed by atoms with E-state index in [1.807, 2.05) is 60.4 Å². The zero-order chi connectivity index (χ0) is 21.3. The maximum absolute atomic E-state index is 12.7. The Balaban J connectivity index is 1.47. The fourth-order valence-corrected chi connectivity index (χ4v) is 3.61. The topological polar surface area (TPSA) is 64.7 Å². The van der Waals surface area contributed by atoms with Gasteiger partial charge in [-0.1, -0.05) is 37.6 Å². The molecule has 2 N–H and O–H groups in total. The van der Waals surface area contributed by atoms with Gasteiger partial charge in [0.15, 0.2) is 0 Å². The van der Waals surface area contributed by atoms with Crippen LogP contribution in [0.15, 0.2) is 48.5 Å². The Bertz CT molecular complexity index is 843. The highest BCUT2D eigenvalue weighted by Crippen LogP contribution is 2.20. The van der Waals surface area contributed by atoms with Gasteiger partial charge in [-0.2, -0.15) is 0 Å². The quantitative estimate of drug-likeness (QED) is 0.685. The van der Waals surface area contributed by atoms with E-state index in [-0.39, 0.29) is 11.9 Å². The minimum absolute atomic E-state index is 0.169. The van der Waals surface area contributed by atoms with Crippen molar-refractivity contribution in [2.24, 2.45) is 0 Å². The Hall–Kier alpha value is -3.02. The average Bonchev–Trinajstić information content (AvgIpc) is 2.76. The second-order valence-corrected chi connectivity index (χ2v) is 7.75. The predicted octanol–water partition coefficient (Wildman–Crippen LogP) is 3.81. The lowest BCUT2D eigenvalue weighted by atomic mass is 10.1. The van der Waals surface area contributed by atoms with Crippen molar-refractivity contribution in [1.82, 2.24) is 10.2 Å². The lowest BCUT2D eigenvalue weighted by Gasteiger charge is -2.36. The van der Waals surface area contributed by atoms with Crippen molar-refractivity contribution in [3.05, 3.63) is 59.7 Å². The summed E-state index contributed by atoms with van der Waals surface area (Å²) in [6.45, 7) is 7.90. The molecule has 3 rings (SSSR count). The average molecular weight is 409 g/mol. The number of nitrogens with zero attached hydrogens (tertiary/aromatic N) is 2. The molecule has 1 saturated heterocycles. The summed E-state index contributed by atoms with van der Waals surface area (Å²) in [4.78, 5) is 28.8. The van der Waals surface area contributed by atoms with Gasteiger partial charge in [-0.15, -0.1) is 0 Å². The SMILES string of the molecule is CCCCNC(=O)Nc1ccc(N2CCN(C(=O)Cc3ccccc3C)CC2)cc1. The molecule has 0 bridgehead atoms. The molecule has 160 valence electrons. The number of nitrogens with one attached hydrogen (secondary N) is 2. The lowest BCUT2D eigenvalue weighted by molar-refractivity contribution is -0.130. The molecule has 1 aliphatic heterocycles. The van der Waals surface area contributed by atoms with Crippen LogP contribution in [0.3, 0.4) is 0 Å². The van der Waals surface area contributed by atoms with E-state index in [2.05, 4.69) is 22.5 Å². The molecule has 0 unspecified atom stereocenters. The predicted molar refractivity (Wildman–Crippen MR) is 122 cm³/mol. The highest BCUT2D eigenvalue weighted by molar-refractivity contribution is 5.89. The van der Waals surface area contributed by atoms with Crippen molar-refractivity contribution in [3.63, 3.8) is 0 Å². The summed E-state index contributed by atoms with van der Waals surface area (Å²) >= 11 is 0. The minimum Gasteiger partial charge on any atom is -0.368 e. The number of rotatable bonds is 7. The number of carbonyl (C=O) groups is 2. The van der Waals surface area contributed by atoms with Crippen LogP contribution in [0.4, 0.5) is 16.2 Å². The van der Waals surface area contributed by atoms with Crippen molar-refractivity contribution in [1.29, 1.82) is 0 Å². The molecule has 2 aromatic carbocycles. The maximum Gasteiger partial charge on any atom is 0.319 e. The molecule has 1 fully saturated rings. The second-order valence-electron chi connectivity index (χ2n) is 7.75. The number of unbranched alkanes of at least 4 members (excludes halogenated alkanes) is 1. The van der Waals surface area contributed by atoms with Crippen molar-refractivity contribution in [2.45, 2.75) is 33.1 Å². The van der Waals surface area contributed by atoms with E-state index in [4.69, 9.17) is 0 Å². The third-order valence-electron chi connectivity index (χ3n) is 5.54. The van der Waals surface area contributed by atoms with Gasteiger partial charge in [0, 0.05) is 44.1 Å². The Labute approximate surface area is 179 Å². The zero-order valence-corrected chi connectivity index (χ0v) is 18.0. The van der Waals surface area contributed by atoms with E-state index in [9.17, 15) is 9.59 Å². The Kier molecular flexibility index (Phi) is 7.71. The molecule has 3 amide bonds. The lowest BCUT2D eigenvalue weighted by Crippen LogP contribution is -2.49. The van der Waals surface area contributed by atoms with Crippen LogP contribution in [0.1, 0.15) is 30.9 Å². The van der Waals surface area contributed by atoms with Gasteiger partial charge < -0.3 is 20.4 Å². The van der Waals surface area contributed by atoms with Crippen LogP contribution in [0.25, 0.3) is 0 Å². The van der Waals surface area contributed by atoms with Crippen molar-refractivity contribution < 1.29 is 9.59 Å². The Morgan fingerprint density at radius 1 is 0.967 bits per heavy atom. The van der Waals surface area contributed by atoms with Gasteiger partial charge in [0.25, 0.3) is 0 Å². The van der Waals surface area contributed by atoms with E-state index in [1.54, 1.807) is 0 Å². The number of carbonyl (C=O) groups excluding carboxylic acids is 2. The summed E-state index contributed by atoms with van der Waals surface area (Å²) < 4.78 is 0. The number of amides is 3. The molecule has 0 aliphatic carbocycles. The van der Waals surface area contributed by atoms with Crippen LogP contribution >= 0.6 is 0 Å². The molecule has 2 aromatic rings. The number of hydrogen-bond donors (Lipinski definition) is 2. The van der Waals surface area contributed by atoms with E-state index in [0.717, 1.165) is 61.5 Å². The zero-order valence-electron chi connectivity index (χ0n) is 18.0. The van der Waals surface area contributed by atoms with Gasteiger partial charge >= 0.3 is 6.03 Å². The first-order valence-electron chi connectivity index (χ1n) is 10.8. The number of aryl methyl sites for hydroxylation is 1. The first-order chi connectivity index (χ1) is 14.6. The molecule has 6 nitrogen and oxygen atoms in total. The summed E-state index contributed by atoms with van der Waals surface area (Å²) in [5.41, 5.74) is 4.15. The van der Waals surface area contributed by atoms with E-state index >= 15 is 0 Å². The van der Waals surface area contributed by atoms with Gasteiger partial charge in [0.1, 0.15) is 0 Å². The smallest absolute Gasteiger partial charge is 0.319 e. The monoisotopic (exact) mass is 408 g/mol. The van der Waals surface area contributed by atoms with Crippen LogP contribution < -0.4 is 15.5 Å². The van der Waals surface area contributed by atoms with Crippen molar-refractivity contribution in [2.75, 3.05) is 42.9 Å². The Morgan fingerprint density at radius 3 is 2.33 bits per heavy atom. The second kappa shape index (κ2) is 10.7. The van der Waals surface area contributed by atoms with Crippen molar-refractivity contribution >= 4 is 23.3 Å². The first-order valence-corrected chi connectivity index (χ1v) is 10.8. The van der Waals surface area contributed by atoms with Gasteiger partial charge in [0.05, 0.1) is 6.42 Å². The molecule has 0 aromatic heterocycles. The standard InChI is InChI=1S/C24H32N4O2/c1-3-4-13-25-24(30)26-21-9-11-22(12-10-21)27-14-16-28(17-15-27)23(29)18-20-8-6-5-7-19(20)2/h5-12H,3-4,13-18H2,1-2H3,(H2,25,26,30). The molecule has 6 heteroatoms. The summed E-state index contributed by atoms with van der Waals surface area (Å²) in [6.07, 6.45) is 2.50. The fraction of sp³-hybridized carbons (Fsp3) is 0.417. The summed E-state index contributed by atoms with van der Waals surface area (Å²) in [5.74, 6) is 0.192. The molecular weight excluding hydrogens is 376 g/mol. The van der Waals surface area contributed by atoms with E-state index in [1.165, 1.54) is 0 Å². The molecule has 0 saturated carbocycles. The molecule has 0 atom stereocenters. The van der Waals surface area contributed by atoms with Crippen molar-refractivity contribution in [3.8, 4) is 0 Å². The maximum atomic E-state index is 12.7. The summed E-state index contributed by atoms with van der Waals surface area (Å²) in [6, 6.07) is 15.8. The highest BCUT2D eigenvalue weighted by atomic mass is 16.2. The minimum atomic E-state index is -0.169. The molecule has 1 heterocycles. The summed E-state index contributed by atoms with van der Waals surface area (Å²) in [5, 5.41) is 5.71. The fourth-order valence-electron chi connectivity index (χ4n) is 3.61. The molecule has 30 heavy (non-hydrogen) atoms. The van der Waals surface area contributed by atoms with Crippen LogP contribution in [0.5, 0.6) is 0 Å². The van der Waals surface area contributed by atoms with E-state index in [0.29, 0.717) is 13.0 Å². The largest absolute Gasteiger partial charge is 0.368 e. The van der Waals surface area contributed by atoms with Gasteiger partial charge in [-0.05, 0) is 48.7 Å². The first kappa shape index (κ1) is 21.7. The van der Waals surface area contributed by atoms with Crippen LogP contribution in [-0.4, -0.2) is 49.6 Å². The van der Waals surface area contributed by atoms with Crippen LogP contribution in [-0.2, 0) is 11.2 Å². The van der Waals surface area contributed by atoms with Gasteiger partial charge in [0.2, 0.25) is 5.91 Å². The van der Waals surface area contributed by atoms with Crippen LogP contribution in [0.2, 0.25) is 0 Å². The van der Waals surface area contributed by atoms with Gasteiger partial charge in [-0.3, -0.25) is 4.79 Å². The number of benzene rings is 2. The molecule has 0 radical (unpaired) electrons. The number of piperazine rings is 1. The number of hydrogen-bond acceptors (Lipinski definition) is 3. The van der Waals surface area contributed by atoms with Gasteiger partial charge in [-0.25, -0.2) is 4.79 Å². The molecule has 1 aliphatic rings. The van der Waals surface area contributed by atoms with Crippen LogP contribution in [0, 0.1) is 6.92 Å². The number of urea groups is 1. The third-order valence-corrected chi connectivity index (χ3v) is 5.54. The molecule has 0 spiro atoms. The third kappa shape index (κ3) is 5.99. The normalized spacial score (nSPS) is 13.8. The highest BCUT2D eigenvalue weighted by Gasteiger charge is 2.21. The number of anilines is 2. The Morgan fingerprint density at radius 2 is 1.67 bits per heavy atom. The molecular formula is C24H32N4O2. The summed E-state index contributed by atoms with van der Waals surface area (Å²) in [7, 11) is 0.